The second kappa shape index (κ2) is 18.1. The van der Waals surface area contributed by atoms with Gasteiger partial charge < -0.3 is 17.1 Å². The zero-order valence-corrected chi connectivity index (χ0v) is 30.0. The van der Waals surface area contributed by atoms with Crippen molar-refractivity contribution in [2.75, 3.05) is 6.54 Å². The molecule has 2 saturated carbocycles. The van der Waals surface area contributed by atoms with Crippen LogP contribution in [0.5, 0.6) is 0 Å². The maximum atomic E-state index is 11.2. The molecule has 3 aromatic rings. The van der Waals surface area contributed by atoms with Gasteiger partial charge in [-0.2, -0.15) is 16.6 Å². The first-order valence-electron chi connectivity index (χ1n) is 14.8. The van der Waals surface area contributed by atoms with E-state index in [1.54, 1.807) is 53.1 Å². The van der Waals surface area contributed by atoms with Gasteiger partial charge in [0, 0.05) is 50.3 Å². The van der Waals surface area contributed by atoms with Gasteiger partial charge in [0.15, 0.2) is 0 Å². The number of aromatic nitrogens is 5. The summed E-state index contributed by atoms with van der Waals surface area (Å²) in [6, 6.07) is 3.61. The number of aliphatic hydroxyl groups is 2. The molecule has 3 aliphatic rings. The third-order valence-electron chi connectivity index (χ3n) is 8.15. The Hall–Kier alpha value is -1.32. The Labute approximate surface area is 315 Å². The van der Waals surface area contributed by atoms with Crippen LogP contribution >= 0.6 is 58.6 Å². The zero-order chi connectivity index (χ0) is 32.7. The summed E-state index contributed by atoms with van der Waals surface area (Å²) in [6.07, 6.45) is 18.0. The number of alkyl halides is 2. The molecule has 2 aliphatic carbocycles. The topological polar surface area (TPSA) is 113 Å². The SMILES string of the molecule is C.OC(Cc1ccncc1Cl)(CN1N=CCC1=S)C1(Cl)CC1.OC(Cc1ccncc1Cl)(Cn1cncn1)C1(Cl)CC1.[CH2-]CCC.[Li+]. The molecule has 0 aromatic carbocycles. The predicted octanol–water partition coefficient (Wildman–Crippen LogP) is 4.13. The van der Waals surface area contributed by atoms with Crippen molar-refractivity contribution in [3.05, 3.63) is 77.7 Å². The van der Waals surface area contributed by atoms with E-state index in [1.165, 1.54) is 12.7 Å². The number of hydrogen-bond donors (Lipinski definition) is 2. The molecule has 2 fully saturated rings. The molecule has 4 heterocycles. The van der Waals surface area contributed by atoms with Gasteiger partial charge in [0.25, 0.3) is 0 Å². The molecule has 0 bridgehead atoms. The predicted molar refractivity (Wildman–Crippen MR) is 191 cm³/mol. The van der Waals surface area contributed by atoms with E-state index in [4.69, 9.17) is 58.6 Å². The largest absolute Gasteiger partial charge is 1.00 e. The Morgan fingerprint density at radius 3 is 1.77 bits per heavy atom. The summed E-state index contributed by atoms with van der Waals surface area (Å²) in [5.41, 5.74) is -0.593. The molecule has 1 aliphatic heterocycles. The number of thiocarbonyl (C=S) groups is 1. The van der Waals surface area contributed by atoms with Crippen LogP contribution in [0, 0.1) is 6.92 Å². The Kier molecular flexibility index (Phi) is 16.1. The van der Waals surface area contributed by atoms with Gasteiger partial charge in [0.1, 0.15) is 28.8 Å². The number of pyridine rings is 2. The van der Waals surface area contributed by atoms with Gasteiger partial charge in [-0.15, -0.1) is 23.2 Å². The van der Waals surface area contributed by atoms with E-state index in [0.717, 1.165) is 43.2 Å². The minimum Gasteiger partial charge on any atom is -0.386 e. The van der Waals surface area contributed by atoms with Crippen molar-refractivity contribution in [2.45, 2.75) is 99.6 Å². The molecule has 2 atom stereocenters. The van der Waals surface area contributed by atoms with Crippen molar-refractivity contribution in [1.82, 2.24) is 29.7 Å². The average Bonchev–Trinajstić information content (AvgIpc) is 3.85. The molecule has 0 amide bonds. The third-order valence-corrected chi connectivity index (χ3v) is 10.7. The fourth-order valence-electron chi connectivity index (χ4n) is 4.93. The average molecular weight is 738 g/mol. The fourth-order valence-corrected chi connectivity index (χ4v) is 5.93. The van der Waals surface area contributed by atoms with Gasteiger partial charge in [-0.1, -0.05) is 56.2 Å². The maximum absolute atomic E-state index is 11.2. The van der Waals surface area contributed by atoms with Gasteiger partial charge >= 0.3 is 18.9 Å². The van der Waals surface area contributed by atoms with Gasteiger partial charge in [-0.25, -0.2) is 9.67 Å². The van der Waals surface area contributed by atoms with Crippen LogP contribution in [0.4, 0.5) is 0 Å². The fraction of sp³-hybridized carbons (Fsp3) is 0.531. The number of unbranched alkanes of at least 4 members (excludes halogenated alkanes) is 1. The van der Waals surface area contributed by atoms with Crippen molar-refractivity contribution < 1.29 is 29.1 Å². The van der Waals surface area contributed by atoms with Crippen LogP contribution in [0.25, 0.3) is 0 Å². The number of hydrogen-bond acceptors (Lipinski definition) is 8. The molecule has 15 heteroatoms. The van der Waals surface area contributed by atoms with Crippen molar-refractivity contribution in [2.24, 2.45) is 5.10 Å². The summed E-state index contributed by atoms with van der Waals surface area (Å²) in [5.74, 6) is 0. The monoisotopic (exact) mass is 735 g/mol. The van der Waals surface area contributed by atoms with E-state index in [-0.39, 0.29) is 39.4 Å². The Morgan fingerprint density at radius 1 is 0.915 bits per heavy atom. The second-order valence-corrected chi connectivity index (χ2v) is 14.4. The van der Waals surface area contributed by atoms with Crippen LogP contribution in [0.3, 0.4) is 0 Å². The molecular formula is C32H42Cl4LiN7O2S. The standard InChI is InChI=1S/C14H15Cl2N3OS.C13H14Cl2N4O.C4H9.CH4.Li/c15-11-8-17-5-1-10(11)7-14(20,13(16)3-4-13)9-19-12(21)2-6-18-19;14-11-6-16-4-1-10(11)5-13(20,12(15)2-3-12)7-19-9-17-8-18-19;1-3-4-2;;/h1,5-6,8,20H,2-4,7,9H2;1,4,6,8-9,20H,2-3,5,7H2;1,3-4H2,2H3;1H4;/q;;-1;;+1. The van der Waals surface area contributed by atoms with Crippen LogP contribution in [0.15, 0.2) is 54.7 Å². The molecule has 3 aromatic heterocycles. The van der Waals surface area contributed by atoms with E-state index < -0.39 is 21.0 Å². The summed E-state index contributed by atoms with van der Waals surface area (Å²) in [4.78, 5) is 11.3. The van der Waals surface area contributed by atoms with Crippen molar-refractivity contribution >= 4 is 69.8 Å². The molecule has 252 valence electrons. The van der Waals surface area contributed by atoms with Crippen LogP contribution in [0.1, 0.15) is 70.4 Å². The number of hydrazone groups is 1. The molecule has 0 radical (unpaired) electrons. The number of nitrogens with zero attached hydrogens (tertiary/aromatic N) is 7. The first kappa shape index (κ1) is 41.8. The van der Waals surface area contributed by atoms with Gasteiger partial charge in [-0.3, -0.25) is 15.0 Å². The van der Waals surface area contributed by atoms with Crippen LogP contribution in [-0.4, -0.2) is 78.7 Å². The Balaban J connectivity index is 0.000000283. The van der Waals surface area contributed by atoms with Crippen LogP contribution < -0.4 is 18.9 Å². The van der Waals surface area contributed by atoms with Crippen molar-refractivity contribution in [3.8, 4) is 0 Å². The van der Waals surface area contributed by atoms with E-state index in [9.17, 15) is 10.2 Å². The first-order chi connectivity index (χ1) is 21.4. The summed E-state index contributed by atoms with van der Waals surface area (Å²) in [5, 5.41) is 33.2. The summed E-state index contributed by atoms with van der Waals surface area (Å²) in [6.45, 7) is 6.29. The summed E-state index contributed by atoms with van der Waals surface area (Å²) in [7, 11) is 0. The molecule has 47 heavy (non-hydrogen) atoms. The molecule has 9 nitrogen and oxygen atoms in total. The minimum absolute atomic E-state index is 0. The normalized spacial score (nSPS) is 19.0. The zero-order valence-electron chi connectivity index (χ0n) is 26.1. The molecule has 2 unspecified atom stereocenters. The molecule has 2 N–H and O–H groups in total. The van der Waals surface area contributed by atoms with Crippen molar-refractivity contribution in [1.29, 1.82) is 0 Å². The first-order valence-corrected chi connectivity index (χ1v) is 16.7. The molecule has 6 rings (SSSR count). The van der Waals surface area contributed by atoms with Gasteiger partial charge in [0.2, 0.25) is 0 Å². The van der Waals surface area contributed by atoms with Gasteiger partial charge in [0.05, 0.1) is 32.9 Å². The van der Waals surface area contributed by atoms with E-state index in [1.807, 2.05) is 6.07 Å². The molecular weight excluding hydrogens is 695 g/mol. The minimum atomic E-state index is -1.13. The van der Waals surface area contributed by atoms with Crippen molar-refractivity contribution in [3.63, 3.8) is 0 Å². The van der Waals surface area contributed by atoms with Crippen LogP contribution in [-0.2, 0) is 19.4 Å². The Morgan fingerprint density at radius 2 is 1.40 bits per heavy atom. The smallest absolute Gasteiger partial charge is 0.386 e. The van der Waals surface area contributed by atoms with Gasteiger partial charge in [-0.05, 0) is 48.9 Å². The summed E-state index contributed by atoms with van der Waals surface area (Å²) >= 11 is 30.6. The Bertz CT molecular complexity index is 1460. The second-order valence-electron chi connectivity index (χ2n) is 11.7. The quantitative estimate of drug-likeness (QED) is 0.131. The number of rotatable bonds is 11. The number of β-amino-alcohol motifs (C(OH)–C–C–N with tert-alkyl or cyclic N) is 1. The van der Waals surface area contributed by atoms with E-state index in [0.29, 0.717) is 34.3 Å². The maximum Gasteiger partial charge on any atom is 1.00 e. The van der Waals surface area contributed by atoms with E-state index in [2.05, 4.69) is 39.0 Å². The third kappa shape index (κ3) is 10.8. The molecule has 0 spiro atoms. The molecule has 0 saturated heterocycles. The van der Waals surface area contributed by atoms with Crippen LogP contribution in [0.2, 0.25) is 10.0 Å². The van der Waals surface area contributed by atoms with E-state index >= 15 is 0 Å². The summed E-state index contributed by atoms with van der Waals surface area (Å²) < 4.78 is 1.59. The number of halogens is 4.